The van der Waals surface area contributed by atoms with Gasteiger partial charge in [-0.2, -0.15) is 0 Å². The van der Waals surface area contributed by atoms with Gasteiger partial charge in [0.1, 0.15) is 0 Å². The van der Waals surface area contributed by atoms with Crippen LogP contribution < -0.4 is 56.3 Å². The molecule has 0 aromatic heterocycles. The summed E-state index contributed by atoms with van der Waals surface area (Å²) in [5.74, 6) is 0. The standard InChI is InChI=1S/C23H39NO2.K.H/c1-3-5-7-9-11-16-20-24(22-18-14-13-15-19-22)23(25)26-21-17-12-10-8-6-4-2;;/h13-15,18-19H,3-12,16-17,20-21H2,1-2H3;;/q;+1;-1. The van der Waals surface area contributed by atoms with Gasteiger partial charge in [-0.3, -0.25) is 4.90 Å². The van der Waals surface area contributed by atoms with Crippen molar-refractivity contribution in [2.24, 2.45) is 0 Å². The first kappa shape index (κ1) is 27.1. The quantitative estimate of drug-likeness (QED) is 0.321. The van der Waals surface area contributed by atoms with Crippen LogP contribution in [0.3, 0.4) is 0 Å². The van der Waals surface area contributed by atoms with Crippen molar-refractivity contribution in [1.82, 2.24) is 0 Å². The summed E-state index contributed by atoms with van der Waals surface area (Å²) in [5.41, 5.74) is 0.939. The van der Waals surface area contributed by atoms with E-state index < -0.39 is 0 Å². The molecule has 1 aromatic rings. The van der Waals surface area contributed by atoms with Gasteiger partial charge >= 0.3 is 57.5 Å². The van der Waals surface area contributed by atoms with Crippen LogP contribution in [-0.4, -0.2) is 19.2 Å². The first-order chi connectivity index (χ1) is 12.8. The topological polar surface area (TPSA) is 29.5 Å². The molecule has 27 heavy (non-hydrogen) atoms. The van der Waals surface area contributed by atoms with Crippen molar-refractivity contribution in [1.29, 1.82) is 0 Å². The fourth-order valence-electron chi connectivity index (χ4n) is 3.10. The largest absolute Gasteiger partial charge is 1.00 e. The van der Waals surface area contributed by atoms with Crippen LogP contribution in [0.4, 0.5) is 10.5 Å². The molecule has 0 aliphatic rings. The number of carbonyl (C=O) groups is 1. The minimum Gasteiger partial charge on any atom is -1.00 e. The van der Waals surface area contributed by atoms with Gasteiger partial charge in [0, 0.05) is 12.2 Å². The average molecular weight is 402 g/mol. The summed E-state index contributed by atoms with van der Waals surface area (Å²) in [6, 6.07) is 9.91. The Morgan fingerprint density at radius 1 is 0.815 bits per heavy atom. The molecule has 0 radical (unpaired) electrons. The summed E-state index contributed by atoms with van der Waals surface area (Å²) in [5, 5.41) is 0. The van der Waals surface area contributed by atoms with Crippen LogP contribution in [-0.2, 0) is 4.74 Å². The van der Waals surface area contributed by atoms with E-state index in [1.54, 1.807) is 4.90 Å². The van der Waals surface area contributed by atoms with Crippen molar-refractivity contribution >= 4 is 11.8 Å². The Morgan fingerprint density at radius 3 is 1.93 bits per heavy atom. The first-order valence-electron chi connectivity index (χ1n) is 10.8. The summed E-state index contributed by atoms with van der Waals surface area (Å²) < 4.78 is 5.55. The minimum atomic E-state index is -0.196. The molecule has 0 unspecified atom stereocenters. The molecule has 0 N–H and O–H groups in total. The Balaban J connectivity index is 0. The number of unbranched alkanes of at least 4 members (excludes halogenated alkanes) is 10. The van der Waals surface area contributed by atoms with E-state index in [-0.39, 0.29) is 58.9 Å². The number of ether oxygens (including phenoxy) is 1. The van der Waals surface area contributed by atoms with Crippen molar-refractivity contribution in [3.05, 3.63) is 30.3 Å². The molecule has 0 bridgehead atoms. The average Bonchev–Trinajstić information content (AvgIpc) is 2.67. The van der Waals surface area contributed by atoms with Crippen LogP contribution in [0.25, 0.3) is 0 Å². The Labute approximate surface area is 211 Å². The third kappa shape index (κ3) is 13.9. The molecule has 150 valence electrons. The van der Waals surface area contributed by atoms with Gasteiger partial charge in [-0.05, 0) is 25.0 Å². The van der Waals surface area contributed by atoms with Gasteiger partial charge in [0.15, 0.2) is 0 Å². The normalized spacial score (nSPS) is 10.3. The number of carbonyl (C=O) groups excluding carboxylic acids is 1. The van der Waals surface area contributed by atoms with Crippen LogP contribution in [0, 0.1) is 0 Å². The summed E-state index contributed by atoms with van der Waals surface area (Å²) in [7, 11) is 0. The zero-order chi connectivity index (χ0) is 18.9. The van der Waals surface area contributed by atoms with Crippen molar-refractivity contribution in [3.63, 3.8) is 0 Å². The first-order valence-corrected chi connectivity index (χ1v) is 10.8. The van der Waals surface area contributed by atoms with E-state index in [0.29, 0.717) is 6.61 Å². The number of hydrogen-bond acceptors (Lipinski definition) is 2. The summed E-state index contributed by atoms with van der Waals surface area (Å²) in [6.07, 6.45) is 14.4. The Bertz CT molecular complexity index is 459. The van der Waals surface area contributed by atoms with E-state index in [0.717, 1.165) is 31.5 Å². The molecule has 0 aliphatic carbocycles. The molecule has 0 spiro atoms. The van der Waals surface area contributed by atoms with Crippen molar-refractivity contribution in [3.8, 4) is 0 Å². The number of nitrogens with zero attached hydrogens (tertiary/aromatic N) is 1. The number of benzene rings is 1. The van der Waals surface area contributed by atoms with Gasteiger partial charge in [-0.15, -0.1) is 0 Å². The molecule has 4 heteroatoms. The monoisotopic (exact) mass is 401 g/mol. The van der Waals surface area contributed by atoms with E-state index >= 15 is 0 Å². The summed E-state index contributed by atoms with van der Waals surface area (Å²) in [4.78, 5) is 14.4. The maximum absolute atomic E-state index is 12.5. The van der Waals surface area contributed by atoms with E-state index in [1.165, 1.54) is 57.8 Å². The van der Waals surface area contributed by atoms with Crippen molar-refractivity contribution < 1.29 is 62.3 Å². The van der Waals surface area contributed by atoms with Crippen molar-refractivity contribution in [2.75, 3.05) is 18.1 Å². The van der Waals surface area contributed by atoms with Gasteiger partial charge in [0.05, 0.1) is 6.61 Å². The van der Waals surface area contributed by atoms with E-state index in [9.17, 15) is 4.79 Å². The van der Waals surface area contributed by atoms with E-state index in [2.05, 4.69) is 13.8 Å². The molecule has 0 fully saturated rings. The van der Waals surface area contributed by atoms with Gasteiger partial charge < -0.3 is 6.16 Å². The van der Waals surface area contributed by atoms with Crippen LogP contribution in [0.5, 0.6) is 0 Å². The zero-order valence-electron chi connectivity index (χ0n) is 19.0. The number of rotatable bonds is 15. The minimum absolute atomic E-state index is 0. The molecule has 0 atom stereocenters. The molecule has 1 amide bonds. The predicted octanol–water partition coefficient (Wildman–Crippen LogP) is 4.47. The summed E-state index contributed by atoms with van der Waals surface area (Å²) >= 11 is 0. The molecule has 0 aliphatic heterocycles. The second-order valence-corrected chi connectivity index (χ2v) is 7.14. The van der Waals surface area contributed by atoms with Gasteiger partial charge in [0.25, 0.3) is 0 Å². The molecule has 1 rings (SSSR count). The van der Waals surface area contributed by atoms with Crippen molar-refractivity contribution in [2.45, 2.75) is 90.9 Å². The van der Waals surface area contributed by atoms with Crippen LogP contribution in [0.2, 0.25) is 0 Å². The van der Waals surface area contributed by atoms with Crippen LogP contribution in [0.1, 0.15) is 92.3 Å². The molecule has 3 nitrogen and oxygen atoms in total. The SMILES string of the molecule is CCCCCCCCOC(=O)N(CCCCCCCC)c1ccccc1.[H-].[K+]. The Kier molecular flexibility index (Phi) is 19.5. The Hall–Kier alpha value is 0.126. The summed E-state index contributed by atoms with van der Waals surface area (Å²) in [6.45, 7) is 5.73. The number of anilines is 1. The number of amides is 1. The zero-order valence-corrected chi connectivity index (χ0v) is 21.2. The molecule has 1 aromatic carbocycles. The number of hydrogen-bond donors (Lipinski definition) is 0. The van der Waals surface area contributed by atoms with Gasteiger partial charge in [-0.1, -0.05) is 96.3 Å². The maximum Gasteiger partial charge on any atom is 1.00 e. The molecular weight excluding hydrogens is 361 g/mol. The molecule has 0 heterocycles. The van der Waals surface area contributed by atoms with Crippen LogP contribution in [0.15, 0.2) is 30.3 Å². The Morgan fingerprint density at radius 2 is 1.33 bits per heavy atom. The van der Waals surface area contributed by atoms with Gasteiger partial charge in [-0.25, -0.2) is 4.79 Å². The smallest absolute Gasteiger partial charge is 1.00 e. The maximum atomic E-state index is 12.5. The fourth-order valence-corrected chi connectivity index (χ4v) is 3.10. The van der Waals surface area contributed by atoms with E-state index in [4.69, 9.17) is 4.74 Å². The van der Waals surface area contributed by atoms with Gasteiger partial charge in [0.2, 0.25) is 0 Å². The second kappa shape index (κ2) is 19.4. The van der Waals surface area contributed by atoms with Crippen LogP contribution >= 0.6 is 0 Å². The predicted molar refractivity (Wildman–Crippen MR) is 113 cm³/mol. The second-order valence-electron chi connectivity index (χ2n) is 7.14. The molecular formula is C23H40KNO2. The number of para-hydroxylation sites is 1. The molecule has 0 saturated heterocycles. The third-order valence-corrected chi connectivity index (χ3v) is 4.75. The third-order valence-electron chi connectivity index (χ3n) is 4.75. The fraction of sp³-hybridized carbons (Fsp3) is 0.696. The van der Waals surface area contributed by atoms with E-state index in [1.807, 2.05) is 30.3 Å². The molecule has 0 saturated carbocycles.